The molecule has 0 fully saturated rings. The highest BCUT2D eigenvalue weighted by atomic mass is 32.2. The lowest BCUT2D eigenvalue weighted by Gasteiger charge is -2.00. The summed E-state index contributed by atoms with van der Waals surface area (Å²) in [6, 6.07) is 6.20. The molecule has 0 saturated carbocycles. The second-order valence-corrected chi connectivity index (χ2v) is 6.41. The highest BCUT2D eigenvalue weighted by Crippen LogP contribution is 2.30. The van der Waals surface area contributed by atoms with Gasteiger partial charge in [0.15, 0.2) is 5.13 Å². The van der Waals surface area contributed by atoms with Gasteiger partial charge in [-0.3, -0.25) is 4.79 Å². The number of nitrogens with one attached hydrogen (secondary N) is 1. The predicted octanol–water partition coefficient (Wildman–Crippen LogP) is 3.95. The Hall–Kier alpha value is -1.40. The van der Waals surface area contributed by atoms with Crippen LogP contribution in [0.4, 0.5) is 9.52 Å². The Balaban J connectivity index is 2.13. The van der Waals surface area contributed by atoms with Crippen LogP contribution in [0.3, 0.4) is 0 Å². The van der Waals surface area contributed by atoms with Gasteiger partial charge < -0.3 is 5.32 Å². The monoisotopic (exact) mass is 310 g/mol. The van der Waals surface area contributed by atoms with Crippen LogP contribution in [0.25, 0.3) is 11.3 Å². The number of hydrogen-bond acceptors (Lipinski definition) is 4. The molecule has 1 N–H and O–H groups in total. The maximum Gasteiger partial charge on any atom is 0.226 e. The summed E-state index contributed by atoms with van der Waals surface area (Å²) in [5.41, 5.74) is 1.64. The molecule has 1 heterocycles. The Kier molecular flexibility index (Phi) is 5.14. The molecule has 1 aromatic carbocycles. The average molecular weight is 310 g/mol. The van der Waals surface area contributed by atoms with Gasteiger partial charge in [-0.1, -0.05) is 0 Å². The summed E-state index contributed by atoms with van der Waals surface area (Å²) in [6.07, 6.45) is 2.44. The zero-order chi connectivity index (χ0) is 14.5. The number of halogens is 1. The number of thioether (sulfide) groups is 1. The van der Waals surface area contributed by atoms with Crippen molar-refractivity contribution in [2.75, 3.05) is 17.3 Å². The molecule has 0 aliphatic heterocycles. The van der Waals surface area contributed by atoms with E-state index in [0.717, 1.165) is 21.9 Å². The van der Waals surface area contributed by atoms with Crippen molar-refractivity contribution in [2.45, 2.75) is 13.3 Å². The number of hydrogen-bond donors (Lipinski definition) is 1. The van der Waals surface area contributed by atoms with Gasteiger partial charge in [0.25, 0.3) is 0 Å². The van der Waals surface area contributed by atoms with Crippen molar-refractivity contribution in [3.8, 4) is 11.3 Å². The minimum absolute atomic E-state index is 0.0289. The summed E-state index contributed by atoms with van der Waals surface area (Å²) < 4.78 is 12.9. The van der Waals surface area contributed by atoms with Gasteiger partial charge in [0.1, 0.15) is 5.82 Å². The maximum absolute atomic E-state index is 12.9. The van der Waals surface area contributed by atoms with Crippen LogP contribution >= 0.6 is 23.1 Å². The summed E-state index contributed by atoms with van der Waals surface area (Å²) in [7, 11) is 0. The molecular weight excluding hydrogens is 295 g/mol. The quantitative estimate of drug-likeness (QED) is 0.909. The fourth-order valence-electron chi connectivity index (χ4n) is 1.70. The first kappa shape index (κ1) is 15.0. The van der Waals surface area contributed by atoms with Crippen LogP contribution in [0.15, 0.2) is 24.3 Å². The van der Waals surface area contributed by atoms with Gasteiger partial charge in [-0.05, 0) is 37.4 Å². The molecule has 0 unspecified atom stereocenters. The van der Waals surface area contributed by atoms with Crippen LogP contribution in [0, 0.1) is 12.7 Å². The first-order valence-electron chi connectivity index (χ1n) is 6.12. The Bertz CT molecular complexity index is 596. The number of carbonyl (C=O) groups is 1. The molecule has 0 saturated heterocycles. The molecule has 1 amide bonds. The summed E-state index contributed by atoms with van der Waals surface area (Å²) in [5.74, 6) is 0.493. The maximum atomic E-state index is 12.9. The number of carbonyl (C=O) groups excluding carboxylic acids is 1. The van der Waals surface area contributed by atoms with E-state index in [1.54, 1.807) is 23.9 Å². The second-order valence-electron chi connectivity index (χ2n) is 4.22. The normalized spacial score (nSPS) is 10.6. The van der Waals surface area contributed by atoms with E-state index in [2.05, 4.69) is 10.3 Å². The van der Waals surface area contributed by atoms with Gasteiger partial charge in [-0.15, -0.1) is 11.3 Å². The van der Waals surface area contributed by atoms with Crippen LogP contribution in [-0.4, -0.2) is 22.9 Å². The van der Waals surface area contributed by atoms with E-state index >= 15 is 0 Å². The second kappa shape index (κ2) is 6.85. The Morgan fingerprint density at radius 3 is 2.75 bits per heavy atom. The summed E-state index contributed by atoms with van der Waals surface area (Å²) >= 11 is 3.07. The van der Waals surface area contributed by atoms with Gasteiger partial charge in [-0.2, -0.15) is 11.8 Å². The van der Waals surface area contributed by atoms with E-state index < -0.39 is 0 Å². The molecule has 3 nitrogen and oxygen atoms in total. The molecule has 0 radical (unpaired) electrons. The van der Waals surface area contributed by atoms with E-state index in [1.807, 2.05) is 13.2 Å². The van der Waals surface area contributed by atoms with Gasteiger partial charge in [-0.25, -0.2) is 9.37 Å². The molecule has 0 aliphatic carbocycles. The summed E-state index contributed by atoms with van der Waals surface area (Å²) in [6.45, 7) is 1.94. The van der Waals surface area contributed by atoms with Crippen LogP contribution in [0.5, 0.6) is 0 Å². The molecular formula is C14H15FN2OS2. The van der Waals surface area contributed by atoms with Gasteiger partial charge >= 0.3 is 0 Å². The number of rotatable bonds is 5. The Morgan fingerprint density at radius 1 is 1.40 bits per heavy atom. The third-order valence-corrected chi connectivity index (χ3v) is 4.19. The Labute approximate surface area is 125 Å². The fourth-order valence-corrected chi connectivity index (χ4v) is 2.94. The predicted molar refractivity (Wildman–Crippen MR) is 83.9 cm³/mol. The van der Waals surface area contributed by atoms with Crippen LogP contribution in [0.2, 0.25) is 0 Å². The van der Waals surface area contributed by atoms with E-state index in [1.165, 1.54) is 23.5 Å². The van der Waals surface area contributed by atoms with Crippen molar-refractivity contribution in [1.82, 2.24) is 4.98 Å². The molecule has 20 heavy (non-hydrogen) atoms. The van der Waals surface area contributed by atoms with E-state index in [-0.39, 0.29) is 11.7 Å². The highest BCUT2D eigenvalue weighted by molar-refractivity contribution is 7.98. The van der Waals surface area contributed by atoms with E-state index in [4.69, 9.17) is 0 Å². The van der Waals surface area contributed by atoms with Crippen molar-refractivity contribution >= 4 is 34.1 Å². The molecule has 1 aromatic heterocycles. The molecule has 0 spiro atoms. The van der Waals surface area contributed by atoms with Gasteiger partial charge in [0.05, 0.1) is 5.69 Å². The molecule has 2 rings (SSSR count). The summed E-state index contributed by atoms with van der Waals surface area (Å²) in [4.78, 5) is 17.1. The van der Waals surface area contributed by atoms with Crippen molar-refractivity contribution in [3.05, 3.63) is 35.0 Å². The summed E-state index contributed by atoms with van der Waals surface area (Å²) in [5, 5.41) is 3.39. The van der Waals surface area contributed by atoms with E-state index in [0.29, 0.717) is 11.6 Å². The lowest BCUT2D eigenvalue weighted by molar-refractivity contribution is -0.115. The Morgan fingerprint density at radius 2 is 2.10 bits per heavy atom. The van der Waals surface area contributed by atoms with Crippen molar-refractivity contribution < 1.29 is 9.18 Å². The average Bonchev–Trinajstić information content (AvgIpc) is 2.78. The van der Waals surface area contributed by atoms with Crippen LogP contribution in [-0.2, 0) is 4.79 Å². The number of aryl methyl sites for hydroxylation is 1. The molecule has 0 atom stereocenters. The molecule has 106 valence electrons. The zero-order valence-electron chi connectivity index (χ0n) is 11.3. The zero-order valence-corrected chi connectivity index (χ0v) is 12.9. The third-order valence-electron chi connectivity index (χ3n) is 2.69. The molecule has 0 bridgehead atoms. The standard InChI is InChI=1S/C14H15FN2OS2/c1-9-13(10-3-5-11(15)6-4-10)17-14(20-9)16-12(18)7-8-19-2/h3-6H,7-8H2,1-2H3,(H,16,17,18). The van der Waals surface area contributed by atoms with Crippen molar-refractivity contribution in [1.29, 1.82) is 0 Å². The van der Waals surface area contributed by atoms with Crippen LogP contribution in [0.1, 0.15) is 11.3 Å². The number of aromatic nitrogens is 1. The molecule has 6 heteroatoms. The van der Waals surface area contributed by atoms with Crippen LogP contribution < -0.4 is 5.32 Å². The van der Waals surface area contributed by atoms with E-state index in [9.17, 15) is 9.18 Å². The minimum atomic E-state index is -0.271. The number of benzene rings is 1. The first-order valence-corrected chi connectivity index (χ1v) is 8.33. The lowest BCUT2D eigenvalue weighted by Crippen LogP contribution is -2.11. The smallest absolute Gasteiger partial charge is 0.226 e. The lowest BCUT2D eigenvalue weighted by atomic mass is 10.1. The topological polar surface area (TPSA) is 42.0 Å². The first-order chi connectivity index (χ1) is 9.60. The highest BCUT2D eigenvalue weighted by Gasteiger charge is 2.11. The number of thiazole rings is 1. The molecule has 2 aromatic rings. The largest absolute Gasteiger partial charge is 0.302 e. The third kappa shape index (κ3) is 3.80. The minimum Gasteiger partial charge on any atom is -0.302 e. The number of amides is 1. The number of anilines is 1. The van der Waals surface area contributed by atoms with Gasteiger partial charge in [0, 0.05) is 22.6 Å². The SMILES string of the molecule is CSCCC(=O)Nc1nc(-c2ccc(F)cc2)c(C)s1. The fraction of sp³-hybridized carbons (Fsp3) is 0.286. The number of nitrogens with zero attached hydrogens (tertiary/aromatic N) is 1. The molecule has 0 aliphatic rings. The van der Waals surface area contributed by atoms with Crippen molar-refractivity contribution in [3.63, 3.8) is 0 Å². The van der Waals surface area contributed by atoms with Gasteiger partial charge in [0.2, 0.25) is 5.91 Å². The van der Waals surface area contributed by atoms with Crippen molar-refractivity contribution in [2.24, 2.45) is 0 Å².